The summed E-state index contributed by atoms with van der Waals surface area (Å²) in [5.74, 6) is 0. The number of nitrogens with zero attached hydrogens (tertiary/aromatic N) is 1. The first-order chi connectivity index (χ1) is 9.31. The summed E-state index contributed by atoms with van der Waals surface area (Å²) in [5.41, 5.74) is 2.79. The Morgan fingerprint density at radius 1 is 1.32 bits per heavy atom. The van der Waals surface area contributed by atoms with E-state index < -0.39 is 10.8 Å². The van der Waals surface area contributed by atoms with Crippen molar-refractivity contribution in [2.24, 2.45) is 4.99 Å². The molecule has 1 aromatic carbocycles. The molecule has 0 aromatic heterocycles. The highest BCUT2D eigenvalue weighted by atomic mass is 32.2. The first-order valence-corrected chi connectivity index (χ1v) is 8.16. The third-order valence-electron chi connectivity index (χ3n) is 3.24. The van der Waals surface area contributed by atoms with Crippen molar-refractivity contribution >= 4 is 28.2 Å². The van der Waals surface area contributed by atoms with E-state index in [0.717, 1.165) is 24.2 Å². The predicted molar refractivity (Wildman–Crippen MR) is 83.1 cm³/mol. The molecule has 0 spiro atoms. The fourth-order valence-corrected chi connectivity index (χ4v) is 3.27. The quantitative estimate of drug-likeness (QED) is 0.470. The van der Waals surface area contributed by atoms with Crippen LogP contribution in [0.4, 0.5) is 0 Å². The van der Waals surface area contributed by atoms with E-state index in [0.29, 0.717) is 6.54 Å². The van der Waals surface area contributed by atoms with Gasteiger partial charge in [0.25, 0.3) is 0 Å². The lowest BCUT2D eigenvalue weighted by Gasteiger charge is -2.15. The van der Waals surface area contributed by atoms with Gasteiger partial charge in [0.15, 0.2) is 0 Å². The number of hydrogen-bond donors (Lipinski definition) is 0. The van der Waals surface area contributed by atoms with Gasteiger partial charge < -0.3 is 0 Å². The molecule has 0 heterocycles. The number of aryl methyl sites for hydroxylation is 2. The maximum atomic E-state index is 12.1. The maximum absolute atomic E-state index is 12.1. The van der Waals surface area contributed by atoms with Crippen LogP contribution < -0.4 is 0 Å². The van der Waals surface area contributed by atoms with Gasteiger partial charge in [-0.25, -0.2) is 9.20 Å². The average Bonchev–Trinajstić information content (AvgIpc) is 2.46. The molecule has 0 amide bonds. The van der Waals surface area contributed by atoms with E-state index in [9.17, 15) is 4.21 Å². The van der Waals surface area contributed by atoms with Gasteiger partial charge >= 0.3 is 0 Å². The van der Waals surface area contributed by atoms with Crippen molar-refractivity contribution in [1.82, 2.24) is 0 Å². The smallest absolute Gasteiger partial charge is 0.0772 e. The third-order valence-corrected chi connectivity index (χ3v) is 4.53. The number of hydrogen-bond acceptors (Lipinski definition) is 3. The molecule has 2 nitrogen and oxygen atoms in total. The normalized spacial score (nSPS) is 15.8. The standard InChI is InChI=1S/C15H17NOS2/c17-19(10-4-3-9-16-12-18)15-8-7-13-5-1-2-6-14(13)11-15/h4,7-8,10-11H,1-3,5-6,9H2. The van der Waals surface area contributed by atoms with Gasteiger partial charge in [-0.05, 0) is 67.6 Å². The summed E-state index contributed by atoms with van der Waals surface area (Å²) >= 11 is 4.49. The fourth-order valence-electron chi connectivity index (χ4n) is 2.25. The van der Waals surface area contributed by atoms with Gasteiger partial charge in [0.2, 0.25) is 0 Å². The van der Waals surface area contributed by atoms with Crippen molar-refractivity contribution in [1.29, 1.82) is 0 Å². The van der Waals surface area contributed by atoms with Crippen LogP contribution in [0, 0.1) is 0 Å². The Kier molecular flexibility index (Phi) is 5.64. The minimum absolute atomic E-state index is 0.612. The van der Waals surface area contributed by atoms with Crippen LogP contribution in [0.1, 0.15) is 30.4 Å². The molecule has 2 rings (SSSR count). The Morgan fingerprint density at radius 3 is 2.89 bits per heavy atom. The molecule has 4 heteroatoms. The minimum Gasteiger partial charge on any atom is -0.250 e. The van der Waals surface area contributed by atoms with Crippen LogP contribution >= 0.6 is 12.2 Å². The third kappa shape index (κ3) is 4.20. The summed E-state index contributed by atoms with van der Waals surface area (Å²) in [7, 11) is -1.06. The molecule has 0 bridgehead atoms. The number of aliphatic imine (C=N–C) groups is 1. The van der Waals surface area contributed by atoms with Crippen LogP contribution in [-0.4, -0.2) is 15.9 Å². The van der Waals surface area contributed by atoms with Crippen LogP contribution in [0.5, 0.6) is 0 Å². The van der Waals surface area contributed by atoms with E-state index in [1.165, 1.54) is 24.0 Å². The summed E-state index contributed by atoms with van der Waals surface area (Å²) in [6.45, 7) is 0.612. The highest BCUT2D eigenvalue weighted by Crippen LogP contribution is 2.23. The molecule has 0 saturated heterocycles. The summed E-state index contributed by atoms with van der Waals surface area (Å²) in [6, 6.07) is 6.22. The molecule has 1 aromatic rings. The van der Waals surface area contributed by atoms with Crippen LogP contribution in [0.25, 0.3) is 0 Å². The SMILES string of the molecule is O=S(C=CCCN=C=S)c1ccc2c(c1)CCCC2. The molecule has 1 aliphatic carbocycles. The molecule has 0 aliphatic heterocycles. The first-order valence-electron chi connectivity index (χ1n) is 6.54. The first kappa shape index (κ1) is 14.3. The molecule has 1 aliphatic rings. The number of fused-ring (bicyclic) bond motifs is 1. The van der Waals surface area contributed by atoms with Gasteiger partial charge in [0, 0.05) is 10.3 Å². The van der Waals surface area contributed by atoms with Gasteiger partial charge in [0.1, 0.15) is 0 Å². The predicted octanol–water partition coefficient (Wildman–Crippen LogP) is 3.68. The van der Waals surface area contributed by atoms with Gasteiger partial charge in [-0.3, -0.25) is 0 Å². The van der Waals surface area contributed by atoms with E-state index in [1.807, 2.05) is 12.1 Å². The largest absolute Gasteiger partial charge is 0.250 e. The van der Waals surface area contributed by atoms with Gasteiger partial charge in [-0.15, -0.1) is 0 Å². The second-order valence-electron chi connectivity index (χ2n) is 4.57. The van der Waals surface area contributed by atoms with Crippen molar-refractivity contribution in [2.45, 2.75) is 37.0 Å². The number of thiocarbonyl (C=S) groups is 1. The van der Waals surface area contributed by atoms with Crippen molar-refractivity contribution in [3.63, 3.8) is 0 Å². The molecule has 0 N–H and O–H groups in total. The summed E-state index contributed by atoms with van der Waals surface area (Å²) in [4.78, 5) is 4.71. The lowest BCUT2D eigenvalue weighted by Crippen LogP contribution is -2.03. The molecular weight excluding hydrogens is 274 g/mol. The van der Waals surface area contributed by atoms with E-state index in [4.69, 9.17) is 0 Å². The number of isothiocyanates is 1. The lowest BCUT2D eigenvalue weighted by atomic mass is 9.92. The second-order valence-corrected chi connectivity index (χ2v) is 6.09. The highest BCUT2D eigenvalue weighted by Gasteiger charge is 2.10. The Labute approximate surface area is 122 Å². The molecular formula is C15H17NOS2. The highest BCUT2D eigenvalue weighted by molar-refractivity contribution is 7.88. The number of benzene rings is 1. The zero-order valence-electron chi connectivity index (χ0n) is 10.8. The molecule has 1 atom stereocenters. The molecule has 19 heavy (non-hydrogen) atoms. The lowest BCUT2D eigenvalue weighted by molar-refractivity contribution is 0.679. The molecule has 0 radical (unpaired) electrons. The summed E-state index contributed by atoms with van der Waals surface area (Å²) < 4.78 is 12.1. The van der Waals surface area contributed by atoms with Crippen LogP contribution in [-0.2, 0) is 23.6 Å². The Morgan fingerprint density at radius 2 is 2.11 bits per heavy atom. The van der Waals surface area contributed by atoms with Gasteiger partial charge in [0.05, 0.1) is 22.5 Å². The Bertz CT molecular complexity index is 545. The molecule has 100 valence electrons. The van der Waals surface area contributed by atoms with E-state index in [1.54, 1.807) is 5.41 Å². The van der Waals surface area contributed by atoms with E-state index >= 15 is 0 Å². The van der Waals surface area contributed by atoms with Crippen molar-refractivity contribution in [3.8, 4) is 0 Å². The second kappa shape index (κ2) is 7.49. The van der Waals surface area contributed by atoms with E-state index in [2.05, 4.69) is 34.5 Å². The summed E-state index contributed by atoms with van der Waals surface area (Å²) in [6.07, 6.45) is 7.44. The molecule has 0 saturated carbocycles. The van der Waals surface area contributed by atoms with Crippen LogP contribution in [0.3, 0.4) is 0 Å². The molecule has 0 fully saturated rings. The summed E-state index contributed by atoms with van der Waals surface area (Å²) in [5, 5.41) is 4.06. The molecule has 1 unspecified atom stereocenters. The minimum atomic E-state index is -1.06. The Balaban J connectivity index is 2.01. The van der Waals surface area contributed by atoms with Crippen molar-refractivity contribution in [2.75, 3.05) is 6.54 Å². The zero-order valence-corrected chi connectivity index (χ0v) is 12.4. The van der Waals surface area contributed by atoms with Crippen LogP contribution in [0.2, 0.25) is 0 Å². The monoisotopic (exact) mass is 291 g/mol. The van der Waals surface area contributed by atoms with E-state index in [-0.39, 0.29) is 0 Å². The van der Waals surface area contributed by atoms with Crippen molar-refractivity contribution in [3.05, 3.63) is 40.8 Å². The van der Waals surface area contributed by atoms with Crippen LogP contribution in [0.15, 0.2) is 39.6 Å². The number of rotatable bonds is 5. The maximum Gasteiger partial charge on any atom is 0.0772 e. The zero-order chi connectivity index (χ0) is 13.5. The fraction of sp³-hybridized carbons (Fsp3) is 0.400. The average molecular weight is 291 g/mol. The van der Waals surface area contributed by atoms with Gasteiger partial charge in [-0.1, -0.05) is 12.1 Å². The Hall–Kier alpha value is -1.09. The van der Waals surface area contributed by atoms with Crippen molar-refractivity contribution < 1.29 is 4.21 Å². The van der Waals surface area contributed by atoms with Gasteiger partial charge in [-0.2, -0.15) is 0 Å². The topological polar surface area (TPSA) is 29.4 Å².